The molecule has 1 unspecified atom stereocenters. The summed E-state index contributed by atoms with van der Waals surface area (Å²) in [4.78, 5) is 28.6. The van der Waals surface area contributed by atoms with E-state index in [2.05, 4.69) is 37.8 Å². The van der Waals surface area contributed by atoms with Crippen molar-refractivity contribution in [1.29, 1.82) is 0 Å². The predicted molar refractivity (Wildman–Crippen MR) is 108 cm³/mol. The number of carbonyl (C=O) groups excluding carboxylic acids is 1. The van der Waals surface area contributed by atoms with Crippen molar-refractivity contribution in [3.63, 3.8) is 0 Å². The van der Waals surface area contributed by atoms with Crippen molar-refractivity contribution < 1.29 is 14.7 Å². The van der Waals surface area contributed by atoms with Crippen molar-refractivity contribution >= 4 is 11.9 Å². The van der Waals surface area contributed by atoms with E-state index < -0.39 is 12.0 Å². The molecule has 1 spiro atoms. The number of nitrogens with zero attached hydrogens (tertiary/aromatic N) is 2. The van der Waals surface area contributed by atoms with Crippen LogP contribution in [0.15, 0.2) is 12.1 Å². The molecule has 5 nitrogen and oxygen atoms in total. The molecule has 2 heterocycles. The van der Waals surface area contributed by atoms with Gasteiger partial charge < -0.3 is 10.0 Å². The third kappa shape index (κ3) is 3.69. The van der Waals surface area contributed by atoms with E-state index in [-0.39, 0.29) is 17.2 Å². The van der Waals surface area contributed by atoms with Crippen LogP contribution < -0.4 is 0 Å². The molecule has 28 heavy (non-hydrogen) atoms. The fourth-order valence-corrected chi connectivity index (χ4v) is 5.30. The number of piperidine rings is 1. The molecule has 1 N–H and O–H groups in total. The number of carboxylic acid groups (broad SMARTS) is 1. The molecule has 1 aromatic carbocycles. The summed E-state index contributed by atoms with van der Waals surface area (Å²) < 4.78 is 0. The lowest BCUT2D eigenvalue weighted by Crippen LogP contribution is -2.43. The van der Waals surface area contributed by atoms with Crippen molar-refractivity contribution in [2.75, 3.05) is 19.6 Å². The molecular formula is C23H32N2O3. The number of hydrogen-bond donors (Lipinski definition) is 1. The SMILES string of the molecule is Cc1cc(C)c(CN2CCC3(CC2)CC(C(=O)O)N(C(=O)C2CC2)C3)c(C)c1. The highest BCUT2D eigenvalue weighted by atomic mass is 16.4. The first-order valence-corrected chi connectivity index (χ1v) is 10.6. The molecule has 1 aromatic rings. The average Bonchev–Trinajstić information content (AvgIpc) is 3.41. The van der Waals surface area contributed by atoms with Gasteiger partial charge in [-0.3, -0.25) is 9.69 Å². The van der Waals surface area contributed by atoms with Crippen LogP contribution >= 0.6 is 0 Å². The number of rotatable bonds is 4. The largest absolute Gasteiger partial charge is 0.480 e. The summed E-state index contributed by atoms with van der Waals surface area (Å²) in [6.07, 6.45) is 4.44. The minimum absolute atomic E-state index is 0.0124. The molecular weight excluding hydrogens is 352 g/mol. The number of aryl methyl sites for hydroxylation is 3. The summed E-state index contributed by atoms with van der Waals surface area (Å²) in [5, 5.41) is 9.67. The standard InChI is InChI=1S/C23H32N2O3/c1-15-10-16(2)19(17(3)11-15)13-24-8-6-23(7-9-24)12-20(22(27)28)25(14-23)21(26)18-4-5-18/h10-11,18,20H,4-9,12-14H2,1-3H3,(H,27,28). The molecule has 1 atom stereocenters. The Morgan fingerprint density at radius 2 is 1.71 bits per heavy atom. The lowest BCUT2D eigenvalue weighted by atomic mass is 9.76. The fourth-order valence-electron chi connectivity index (χ4n) is 5.30. The summed E-state index contributed by atoms with van der Waals surface area (Å²) in [7, 11) is 0. The van der Waals surface area contributed by atoms with Crippen molar-refractivity contribution in [3.05, 3.63) is 34.4 Å². The Kier molecular flexibility index (Phi) is 4.98. The van der Waals surface area contributed by atoms with Gasteiger partial charge in [0.25, 0.3) is 0 Å². The van der Waals surface area contributed by atoms with Crippen LogP contribution in [-0.2, 0) is 16.1 Å². The van der Waals surface area contributed by atoms with Crippen LogP contribution in [0.3, 0.4) is 0 Å². The van der Waals surface area contributed by atoms with Gasteiger partial charge in [0, 0.05) is 19.0 Å². The van der Waals surface area contributed by atoms with Gasteiger partial charge in [-0.2, -0.15) is 0 Å². The zero-order valence-corrected chi connectivity index (χ0v) is 17.3. The Balaban J connectivity index is 1.42. The summed E-state index contributed by atoms with van der Waals surface area (Å²) in [6.45, 7) is 10.1. The van der Waals surface area contributed by atoms with Gasteiger partial charge in [-0.1, -0.05) is 17.7 Å². The first-order valence-electron chi connectivity index (χ1n) is 10.6. The van der Waals surface area contributed by atoms with E-state index in [1.54, 1.807) is 4.90 Å². The van der Waals surface area contributed by atoms with E-state index in [0.29, 0.717) is 13.0 Å². The van der Waals surface area contributed by atoms with Crippen LogP contribution in [0.2, 0.25) is 0 Å². The number of carboxylic acids is 1. The van der Waals surface area contributed by atoms with Gasteiger partial charge in [-0.05, 0) is 88.1 Å². The molecule has 0 radical (unpaired) electrons. The van der Waals surface area contributed by atoms with E-state index in [4.69, 9.17) is 0 Å². The Morgan fingerprint density at radius 1 is 1.11 bits per heavy atom. The Morgan fingerprint density at radius 3 is 2.25 bits per heavy atom. The third-order valence-corrected chi connectivity index (χ3v) is 7.14. The summed E-state index contributed by atoms with van der Waals surface area (Å²) >= 11 is 0. The first-order chi connectivity index (χ1) is 13.3. The molecule has 3 fully saturated rings. The average molecular weight is 385 g/mol. The number of aliphatic carboxylic acids is 1. The molecule has 4 rings (SSSR count). The van der Waals surface area contributed by atoms with Gasteiger partial charge in [-0.25, -0.2) is 4.79 Å². The van der Waals surface area contributed by atoms with Crippen molar-refractivity contribution in [2.45, 2.75) is 65.5 Å². The van der Waals surface area contributed by atoms with Crippen molar-refractivity contribution in [2.24, 2.45) is 11.3 Å². The maximum absolute atomic E-state index is 12.6. The second-order valence-corrected chi connectivity index (χ2v) is 9.45. The lowest BCUT2D eigenvalue weighted by Gasteiger charge is -2.39. The molecule has 1 saturated carbocycles. The molecule has 5 heteroatoms. The number of benzene rings is 1. The fraction of sp³-hybridized carbons (Fsp3) is 0.652. The van der Waals surface area contributed by atoms with E-state index in [0.717, 1.165) is 45.3 Å². The summed E-state index contributed by atoms with van der Waals surface area (Å²) in [5.41, 5.74) is 5.42. The van der Waals surface area contributed by atoms with Gasteiger partial charge in [0.2, 0.25) is 5.91 Å². The monoisotopic (exact) mass is 384 g/mol. The first kappa shape index (κ1) is 19.4. The topological polar surface area (TPSA) is 60.9 Å². The molecule has 1 amide bonds. The van der Waals surface area contributed by atoms with Crippen molar-refractivity contribution in [3.8, 4) is 0 Å². The zero-order valence-electron chi connectivity index (χ0n) is 17.3. The van der Waals surface area contributed by atoms with Crippen LogP contribution in [0.4, 0.5) is 0 Å². The smallest absolute Gasteiger partial charge is 0.326 e. The number of carbonyl (C=O) groups is 2. The minimum atomic E-state index is -0.834. The molecule has 0 bridgehead atoms. The van der Waals surface area contributed by atoms with E-state index in [1.165, 1.54) is 22.3 Å². The maximum Gasteiger partial charge on any atom is 0.326 e. The van der Waals surface area contributed by atoms with Crippen LogP contribution in [0.25, 0.3) is 0 Å². The highest BCUT2D eigenvalue weighted by Gasteiger charge is 2.51. The quantitative estimate of drug-likeness (QED) is 0.865. The van der Waals surface area contributed by atoms with Gasteiger partial charge in [-0.15, -0.1) is 0 Å². The van der Waals surface area contributed by atoms with Gasteiger partial charge >= 0.3 is 5.97 Å². The highest BCUT2D eigenvalue weighted by Crippen LogP contribution is 2.45. The maximum atomic E-state index is 12.6. The van der Waals surface area contributed by atoms with Gasteiger partial charge in [0.15, 0.2) is 0 Å². The van der Waals surface area contributed by atoms with Gasteiger partial charge in [0.1, 0.15) is 6.04 Å². The summed E-state index contributed by atoms with van der Waals surface area (Å²) in [6, 6.07) is 3.88. The zero-order chi connectivity index (χ0) is 20.1. The van der Waals surface area contributed by atoms with E-state index >= 15 is 0 Å². The molecule has 0 aromatic heterocycles. The minimum Gasteiger partial charge on any atom is -0.480 e. The Labute approximate surface area is 167 Å². The molecule has 2 aliphatic heterocycles. The van der Waals surface area contributed by atoms with Gasteiger partial charge in [0.05, 0.1) is 0 Å². The normalized spacial score (nSPS) is 24.7. The molecule has 1 aliphatic carbocycles. The van der Waals surface area contributed by atoms with Crippen LogP contribution in [-0.4, -0.2) is 52.5 Å². The number of hydrogen-bond acceptors (Lipinski definition) is 3. The second-order valence-electron chi connectivity index (χ2n) is 9.45. The number of likely N-dealkylation sites (tertiary alicyclic amines) is 2. The number of amides is 1. The lowest BCUT2D eigenvalue weighted by molar-refractivity contribution is -0.148. The molecule has 2 saturated heterocycles. The predicted octanol–water partition coefficient (Wildman–Crippen LogP) is 3.29. The summed E-state index contributed by atoms with van der Waals surface area (Å²) in [5.74, 6) is -0.665. The second kappa shape index (κ2) is 7.18. The molecule has 152 valence electrons. The van der Waals surface area contributed by atoms with E-state index in [1.807, 2.05) is 0 Å². The molecule has 3 aliphatic rings. The van der Waals surface area contributed by atoms with E-state index in [9.17, 15) is 14.7 Å². The Hall–Kier alpha value is -1.88. The van der Waals surface area contributed by atoms with Crippen LogP contribution in [0, 0.1) is 32.1 Å². The van der Waals surface area contributed by atoms with Crippen LogP contribution in [0.5, 0.6) is 0 Å². The highest BCUT2D eigenvalue weighted by molar-refractivity contribution is 5.87. The third-order valence-electron chi connectivity index (χ3n) is 7.14. The van der Waals surface area contributed by atoms with Crippen LogP contribution in [0.1, 0.15) is 54.4 Å². The Bertz CT molecular complexity index is 768. The van der Waals surface area contributed by atoms with Crippen molar-refractivity contribution in [1.82, 2.24) is 9.80 Å².